The molecule has 0 aliphatic heterocycles. The molecule has 1 N–H and O–H groups in total. The lowest BCUT2D eigenvalue weighted by Gasteiger charge is -2.37. The topological polar surface area (TPSA) is 35.8 Å². The number of rotatable bonds is 3. The fourth-order valence-corrected chi connectivity index (χ4v) is 2.62. The third-order valence-electron chi connectivity index (χ3n) is 3.86. The lowest BCUT2D eigenvalue weighted by molar-refractivity contribution is 0.374. The van der Waals surface area contributed by atoms with Gasteiger partial charge < -0.3 is 5.32 Å². The molecule has 3 heteroatoms. The van der Waals surface area contributed by atoms with Crippen molar-refractivity contribution in [2.24, 2.45) is 0 Å². The standard InChI is InChI=1S/C17H15FN2/c18-15-5-3-13(4-6-15)14-9-17(10-14)20-16-7-1-12(11-19)2-8-16/h1-8,14,17,20H,9-10H2. The molecule has 0 saturated heterocycles. The normalized spacial score (nSPS) is 20.8. The summed E-state index contributed by atoms with van der Waals surface area (Å²) in [7, 11) is 0. The van der Waals surface area contributed by atoms with Crippen LogP contribution >= 0.6 is 0 Å². The molecule has 0 atom stereocenters. The SMILES string of the molecule is N#Cc1ccc(NC2CC(c3ccc(F)cc3)C2)cc1. The van der Waals surface area contributed by atoms with Crippen molar-refractivity contribution in [3.8, 4) is 6.07 Å². The molecule has 0 aromatic heterocycles. The lowest BCUT2D eigenvalue weighted by Crippen LogP contribution is -2.33. The van der Waals surface area contributed by atoms with E-state index in [1.807, 2.05) is 36.4 Å². The van der Waals surface area contributed by atoms with Gasteiger partial charge in [0.15, 0.2) is 0 Å². The molecule has 2 nitrogen and oxygen atoms in total. The van der Waals surface area contributed by atoms with Crippen LogP contribution in [-0.2, 0) is 0 Å². The molecule has 1 fully saturated rings. The van der Waals surface area contributed by atoms with Gasteiger partial charge in [-0.25, -0.2) is 4.39 Å². The first-order valence-corrected chi connectivity index (χ1v) is 6.77. The monoisotopic (exact) mass is 266 g/mol. The van der Waals surface area contributed by atoms with Gasteiger partial charge in [-0.3, -0.25) is 0 Å². The Hall–Kier alpha value is -2.34. The first kappa shape index (κ1) is 12.7. The van der Waals surface area contributed by atoms with Gasteiger partial charge in [-0.15, -0.1) is 0 Å². The minimum absolute atomic E-state index is 0.180. The Kier molecular flexibility index (Phi) is 3.39. The van der Waals surface area contributed by atoms with Gasteiger partial charge in [-0.1, -0.05) is 12.1 Å². The summed E-state index contributed by atoms with van der Waals surface area (Å²) < 4.78 is 12.9. The van der Waals surface area contributed by atoms with Gasteiger partial charge in [0.25, 0.3) is 0 Å². The van der Waals surface area contributed by atoms with Crippen molar-refractivity contribution in [2.45, 2.75) is 24.8 Å². The molecule has 1 saturated carbocycles. The van der Waals surface area contributed by atoms with Gasteiger partial charge in [0.05, 0.1) is 11.6 Å². The van der Waals surface area contributed by atoms with Crippen LogP contribution in [-0.4, -0.2) is 6.04 Å². The van der Waals surface area contributed by atoms with Crippen LogP contribution in [0.1, 0.15) is 29.9 Å². The Labute approximate surface area is 117 Å². The average Bonchev–Trinajstić information content (AvgIpc) is 2.44. The number of halogens is 1. The molecule has 100 valence electrons. The number of benzene rings is 2. The van der Waals surface area contributed by atoms with E-state index in [9.17, 15) is 4.39 Å². The predicted molar refractivity (Wildman–Crippen MR) is 76.9 cm³/mol. The second-order valence-electron chi connectivity index (χ2n) is 5.25. The molecule has 1 aliphatic carbocycles. The van der Waals surface area contributed by atoms with Crippen LogP contribution in [0.15, 0.2) is 48.5 Å². The number of nitrogens with zero attached hydrogens (tertiary/aromatic N) is 1. The van der Waals surface area contributed by atoms with Gasteiger partial charge in [0.1, 0.15) is 5.82 Å². The zero-order valence-corrected chi connectivity index (χ0v) is 11.0. The minimum Gasteiger partial charge on any atom is -0.382 e. The van der Waals surface area contributed by atoms with Crippen molar-refractivity contribution in [3.63, 3.8) is 0 Å². The Morgan fingerprint density at radius 2 is 1.65 bits per heavy atom. The van der Waals surface area contributed by atoms with Gasteiger partial charge >= 0.3 is 0 Å². The average molecular weight is 266 g/mol. The van der Waals surface area contributed by atoms with Crippen molar-refractivity contribution >= 4 is 5.69 Å². The van der Waals surface area contributed by atoms with Crippen molar-refractivity contribution in [3.05, 3.63) is 65.5 Å². The molecular formula is C17H15FN2. The van der Waals surface area contributed by atoms with Gasteiger partial charge in [-0.2, -0.15) is 5.26 Å². The van der Waals surface area contributed by atoms with E-state index in [-0.39, 0.29) is 5.82 Å². The zero-order valence-electron chi connectivity index (χ0n) is 11.0. The number of hydrogen-bond donors (Lipinski definition) is 1. The molecule has 2 aromatic carbocycles. The fraction of sp³-hybridized carbons (Fsp3) is 0.235. The Morgan fingerprint density at radius 1 is 1.00 bits per heavy atom. The summed E-state index contributed by atoms with van der Waals surface area (Å²) in [5.41, 5.74) is 2.93. The van der Waals surface area contributed by atoms with E-state index in [4.69, 9.17) is 5.26 Å². The molecule has 0 heterocycles. The van der Waals surface area contributed by atoms with E-state index in [1.54, 1.807) is 0 Å². The highest BCUT2D eigenvalue weighted by Gasteiger charge is 2.30. The summed E-state index contributed by atoms with van der Waals surface area (Å²) in [6, 6.07) is 16.9. The van der Waals surface area contributed by atoms with Gasteiger partial charge in [0.2, 0.25) is 0 Å². The highest BCUT2D eigenvalue weighted by atomic mass is 19.1. The summed E-state index contributed by atoms with van der Waals surface area (Å²) in [4.78, 5) is 0. The van der Waals surface area contributed by atoms with E-state index >= 15 is 0 Å². The minimum atomic E-state index is -0.180. The van der Waals surface area contributed by atoms with Crippen LogP contribution in [0.25, 0.3) is 0 Å². The summed E-state index contributed by atoms with van der Waals surface area (Å²) in [5.74, 6) is 0.340. The molecule has 0 spiro atoms. The molecular weight excluding hydrogens is 251 g/mol. The second-order valence-corrected chi connectivity index (χ2v) is 5.25. The van der Waals surface area contributed by atoms with E-state index in [0.717, 1.165) is 18.5 Å². The molecule has 0 bridgehead atoms. The first-order valence-electron chi connectivity index (χ1n) is 6.77. The quantitative estimate of drug-likeness (QED) is 0.909. The second kappa shape index (κ2) is 5.34. The van der Waals surface area contributed by atoms with Gasteiger partial charge in [0, 0.05) is 11.7 Å². The van der Waals surface area contributed by atoms with Crippen LogP contribution in [0.3, 0.4) is 0 Å². The molecule has 0 radical (unpaired) electrons. The largest absolute Gasteiger partial charge is 0.382 e. The maximum absolute atomic E-state index is 12.9. The highest BCUT2D eigenvalue weighted by molar-refractivity contribution is 5.48. The van der Waals surface area contributed by atoms with E-state index in [1.165, 1.54) is 17.7 Å². The summed E-state index contributed by atoms with van der Waals surface area (Å²) >= 11 is 0. The van der Waals surface area contributed by atoms with Crippen molar-refractivity contribution < 1.29 is 4.39 Å². The van der Waals surface area contributed by atoms with Crippen LogP contribution < -0.4 is 5.32 Å². The fourth-order valence-electron chi connectivity index (χ4n) is 2.62. The molecule has 1 aliphatic rings. The molecule has 0 amide bonds. The van der Waals surface area contributed by atoms with E-state index in [2.05, 4.69) is 11.4 Å². The third-order valence-corrected chi connectivity index (χ3v) is 3.86. The molecule has 0 unspecified atom stereocenters. The molecule has 20 heavy (non-hydrogen) atoms. The number of anilines is 1. The first-order chi connectivity index (χ1) is 9.74. The predicted octanol–water partition coefficient (Wildman–Crippen LogP) is 4.06. The Balaban J connectivity index is 1.55. The van der Waals surface area contributed by atoms with Gasteiger partial charge in [-0.05, 0) is 60.7 Å². The maximum Gasteiger partial charge on any atom is 0.123 e. The molecule has 2 aromatic rings. The Morgan fingerprint density at radius 3 is 2.25 bits per heavy atom. The van der Waals surface area contributed by atoms with Crippen molar-refractivity contribution in [1.29, 1.82) is 5.26 Å². The van der Waals surface area contributed by atoms with E-state index < -0.39 is 0 Å². The number of nitrogens with one attached hydrogen (secondary N) is 1. The number of hydrogen-bond acceptors (Lipinski definition) is 2. The highest BCUT2D eigenvalue weighted by Crippen LogP contribution is 2.38. The summed E-state index contributed by atoms with van der Waals surface area (Å²) in [5, 5.41) is 12.2. The molecule has 3 rings (SSSR count). The van der Waals surface area contributed by atoms with E-state index in [0.29, 0.717) is 17.5 Å². The van der Waals surface area contributed by atoms with Crippen molar-refractivity contribution in [2.75, 3.05) is 5.32 Å². The Bertz CT molecular complexity index is 620. The lowest BCUT2D eigenvalue weighted by atomic mass is 9.76. The van der Waals surface area contributed by atoms with Crippen LogP contribution in [0.2, 0.25) is 0 Å². The van der Waals surface area contributed by atoms with Crippen LogP contribution in [0, 0.1) is 17.1 Å². The smallest absolute Gasteiger partial charge is 0.123 e. The number of nitriles is 1. The van der Waals surface area contributed by atoms with Crippen LogP contribution in [0.5, 0.6) is 0 Å². The summed E-state index contributed by atoms with van der Waals surface area (Å²) in [6.07, 6.45) is 2.12. The van der Waals surface area contributed by atoms with Crippen molar-refractivity contribution in [1.82, 2.24) is 0 Å². The summed E-state index contributed by atoms with van der Waals surface area (Å²) in [6.45, 7) is 0. The zero-order chi connectivity index (χ0) is 13.9. The third kappa shape index (κ3) is 2.65. The van der Waals surface area contributed by atoms with Crippen LogP contribution in [0.4, 0.5) is 10.1 Å². The maximum atomic E-state index is 12.9.